The van der Waals surface area contributed by atoms with Crippen molar-refractivity contribution in [1.82, 2.24) is 0 Å². The Kier molecular flexibility index (Phi) is 4.90. The number of nitrogens with two attached hydrogens (primary N) is 1. The van der Waals surface area contributed by atoms with E-state index in [0.29, 0.717) is 5.69 Å². The molecule has 0 fully saturated rings. The Hall–Kier alpha value is -1.13. The summed E-state index contributed by atoms with van der Waals surface area (Å²) in [6, 6.07) is 4.34. The van der Waals surface area contributed by atoms with Crippen molar-refractivity contribution in [2.45, 2.75) is 26.3 Å². The highest BCUT2D eigenvalue weighted by atomic mass is 35.5. The minimum atomic E-state index is -0.972. The fraction of sp³-hybridized carbons (Fsp3) is 0.364. The summed E-state index contributed by atoms with van der Waals surface area (Å²) in [4.78, 5) is 11.5. The van der Waals surface area contributed by atoms with Crippen molar-refractivity contribution in [3.05, 3.63) is 29.6 Å². The summed E-state index contributed by atoms with van der Waals surface area (Å²) in [6.45, 7) is 4.94. The third kappa shape index (κ3) is 4.16. The zero-order valence-electron chi connectivity index (χ0n) is 9.50. The molecule has 0 unspecified atom stereocenters. The molecular formula is C11H16ClFN2O. The van der Waals surface area contributed by atoms with Gasteiger partial charge in [-0.3, -0.25) is 4.79 Å². The summed E-state index contributed by atoms with van der Waals surface area (Å²) in [7, 11) is 0. The van der Waals surface area contributed by atoms with Gasteiger partial charge in [0.05, 0.1) is 5.54 Å². The lowest BCUT2D eigenvalue weighted by molar-refractivity contribution is -0.120. The molecular weight excluding hydrogens is 231 g/mol. The van der Waals surface area contributed by atoms with Crippen molar-refractivity contribution in [1.29, 1.82) is 0 Å². The minimum Gasteiger partial charge on any atom is -0.324 e. The maximum absolute atomic E-state index is 13.0. The number of hydrogen-bond acceptors (Lipinski definition) is 2. The SMILES string of the molecule is Cc1cc(F)cc(NC(=O)C(C)(C)N)c1.Cl. The number of aryl methyl sites for hydroxylation is 1. The van der Waals surface area contributed by atoms with Gasteiger partial charge in [-0.1, -0.05) is 0 Å². The van der Waals surface area contributed by atoms with Gasteiger partial charge in [-0.05, 0) is 44.5 Å². The average molecular weight is 247 g/mol. The second kappa shape index (κ2) is 5.27. The van der Waals surface area contributed by atoms with E-state index in [-0.39, 0.29) is 24.1 Å². The molecule has 0 aromatic heterocycles. The number of anilines is 1. The molecule has 0 aliphatic heterocycles. The maximum atomic E-state index is 13.0. The Balaban J connectivity index is 0.00000225. The number of rotatable bonds is 2. The van der Waals surface area contributed by atoms with E-state index in [4.69, 9.17) is 5.73 Å². The van der Waals surface area contributed by atoms with Gasteiger partial charge in [0.2, 0.25) is 5.91 Å². The van der Waals surface area contributed by atoms with Crippen molar-refractivity contribution in [3.8, 4) is 0 Å². The van der Waals surface area contributed by atoms with Gasteiger partial charge in [0, 0.05) is 5.69 Å². The van der Waals surface area contributed by atoms with Crippen LogP contribution < -0.4 is 11.1 Å². The molecule has 1 aromatic carbocycles. The van der Waals surface area contributed by atoms with Gasteiger partial charge in [0.15, 0.2) is 0 Å². The Morgan fingerprint density at radius 1 is 1.38 bits per heavy atom. The first-order chi connectivity index (χ1) is 6.79. The highest BCUT2D eigenvalue weighted by molar-refractivity contribution is 5.97. The minimum absolute atomic E-state index is 0. The van der Waals surface area contributed by atoms with E-state index >= 15 is 0 Å². The van der Waals surface area contributed by atoms with Crippen LogP contribution in [0.15, 0.2) is 18.2 Å². The van der Waals surface area contributed by atoms with Crippen LogP contribution in [0.1, 0.15) is 19.4 Å². The molecule has 0 atom stereocenters. The van der Waals surface area contributed by atoms with Gasteiger partial charge in [0.25, 0.3) is 0 Å². The lowest BCUT2D eigenvalue weighted by Gasteiger charge is -2.17. The van der Waals surface area contributed by atoms with Crippen molar-refractivity contribution in [2.24, 2.45) is 5.73 Å². The summed E-state index contributed by atoms with van der Waals surface area (Å²) < 4.78 is 13.0. The third-order valence-electron chi connectivity index (χ3n) is 1.89. The molecule has 0 saturated heterocycles. The molecule has 3 N–H and O–H groups in total. The summed E-state index contributed by atoms with van der Waals surface area (Å²) in [5, 5.41) is 2.56. The van der Waals surface area contributed by atoms with Gasteiger partial charge >= 0.3 is 0 Å². The highest BCUT2D eigenvalue weighted by Crippen LogP contribution is 2.14. The van der Waals surface area contributed by atoms with Crippen molar-refractivity contribution < 1.29 is 9.18 Å². The third-order valence-corrected chi connectivity index (χ3v) is 1.89. The topological polar surface area (TPSA) is 55.1 Å². The molecule has 0 aliphatic rings. The van der Waals surface area contributed by atoms with E-state index in [0.717, 1.165) is 5.56 Å². The summed E-state index contributed by atoms with van der Waals surface area (Å²) in [6.07, 6.45) is 0. The van der Waals surface area contributed by atoms with Gasteiger partial charge in [-0.25, -0.2) is 4.39 Å². The molecule has 0 spiro atoms. The maximum Gasteiger partial charge on any atom is 0.243 e. The second-order valence-corrected chi connectivity index (χ2v) is 4.19. The molecule has 0 saturated carbocycles. The smallest absolute Gasteiger partial charge is 0.243 e. The molecule has 3 nitrogen and oxygen atoms in total. The van der Waals surface area contributed by atoms with Gasteiger partial charge in [0.1, 0.15) is 5.82 Å². The van der Waals surface area contributed by atoms with Crippen LogP contribution in [0.2, 0.25) is 0 Å². The van der Waals surface area contributed by atoms with Crippen LogP contribution in [-0.4, -0.2) is 11.4 Å². The standard InChI is InChI=1S/C11H15FN2O.ClH/c1-7-4-8(12)6-9(5-7)14-10(15)11(2,3)13;/h4-6H,13H2,1-3H3,(H,14,15);1H. The van der Waals surface area contributed by atoms with E-state index in [9.17, 15) is 9.18 Å². The first-order valence-corrected chi connectivity index (χ1v) is 4.66. The van der Waals surface area contributed by atoms with E-state index in [1.54, 1.807) is 26.8 Å². The monoisotopic (exact) mass is 246 g/mol. The number of halogens is 2. The van der Waals surface area contributed by atoms with Crippen LogP contribution in [-0.2, 0) is 4.79 Å². The Morgan fingerprint density at radius 2 is 1.94 bits per heavy atom. The van der Waals surface area contributed by atoms with Crippen LogP contribution in [0.5, 0.6) is 0 Å². The fourth-order valence-electron chi connectivity index (χ4n) is 1.10. The molecule has 1 rings (SSSR count). The van der Waals surface area contributed by atoms with Gasteiger partial charge in [-0.2, -0.15) is 0 Å². The van der Waals surface area contributed by atoms with Crippen molar-refractivity contribution in [3.63, 3.8) is 0 Å². The van der Waals surface area contributed by atoms with E-state index in [1.807, 2.05) is 0 Å². The molecule has 0 radical (unpaired) electrons. The second-order valence-electron chi connectivity index (χ2n) is 4.19. The summed E-state index contributed by atoms with van der Waals surface area (Å²) >= 11 is 0. The lowest BCUT2D eigenvalue weighted by Crippen LogP contribution is -2.45. The molecule has 90 valence electrons. The predicted molar refractivity (Wildman–Crippen MR) is 65.3 cm³/mol. The average Bonchev–Trinajstić information content (AvgIpc) is 1.99. The molecule has 5 heteroatoms. The molecule has 0 heterocycles. The first-order valence-electron chi connectivity index (χ1n) is 4.66. The molecule has 0 aliphatic carbocycles. The first kappa shape index (κ1) is 14.9. The summed E-state index contributed by atoms with van der Waals surface area (Å²) in [5.41, 5.74) is 5.80. The van der Waals surface area contributed by atoms with Crippen molar-refractivity contribution in [2.75, 3.05) is 5.32 Å². The Labute approximate surface area is 101 Å². The number of carbonyl (C=O) groups excluding carboxylic acids is 1. The predicted octanol–water partition coefficient (Wildman–Crippen LogP) is 2.23. The number of nitrogens with one attached hydrogen (secondary N) is 1. The largest absolute Gasteiger partial charge is 0.324 e. The van der Waals surface area contributed by atoms with Crippen LogP contribution in [0, 0.1) is 12.7 Å². The Bertz CT molecular complexity index is 368. The molecule has 1 aromatic rings. The number of amides is 1. The van der Waals surface area contributed by atoms with E-state index in [2.05, 4.69) is 5.32 Å². The van der Waals surface area contributed by atoms with Crippen molar-refractivity contribution >= 4 is 24.0 Å². The highest BCUT2D eigenvalue weighted by Gasteiger charge is 2.21. The van der Waals surface area contributed by atoms with Gasteiger partial charge in [-0.15, -0.1) is 12.4 Å². The Morgan fingerprint density at radius 3 is 2.38 bits per heavy atom. The van der Waals surface area contributed by atoms with Gasteiger partial charge < -0.3 is 11.1 Å². The van der Waals surface area contributed by atoms with E-state index in [1.165, 1.54) is 12.1 Å². The van der Waals surface area contributed by atoms with Crippen LogP contribution >= 0.6 is 12.4 Å². The normalized spacial score (nSPS) is 10.6. The van der Waals surface area contributed by atoms with E-state index < -0.39 is 5.54 Å². The van der Waals surface area contributed by atoms with Crippen LogP contribution in [0.4, 0.5) is 10.1 Å². The lowest BCUT2D eigenvalue weighted by atomic mass is 10.1. The van der Waals surface area contributed by atoms with Crippen LogP contribution in [0.3, 0.4) is 0 Å². The molecule has 1 amide bonds. The number of benzene rings is 1. The zero-order chi connectivity index (χ0) is 11.6. The summed E-state index contributed by atoms with van der Waals surface area (Å²) in [5.74, 6) is -0.715. The quantitative estimate of drug-likeness (QED) is 0.841. The zero-order valence-corrected chi connectivity index (χ0v) is 10.3. The fourth-order valence-corrected chi connectivity index (χ4v) is 1.10. The number of hydrogen-bond donors (Lipinski definition) is 2. The number of carbonyl (C=O) groups is 1. The molecule has 0 bridgehead atoms. The molecule has 16 heavy (non-hydrogen) atoms. The van der Waals surface area contributed by atoms with Crippen LogP contribution in [0.25, 0.3) is 0 Å².